The van der Waals surface area contributed by atoms with Crippen LogP contribution in [0.3, 0.4) is 0 Å². The van der Waals surface area contributed by atoms with E-state index >= 15 is 0 Å². The topological polar surface area (TPSA) is 101 Å². The molecule has 1 aliphatic heterocycles. The van der Waals surface area contributed by atoms with Crippen LogP contribution in [0.5, 0.6) is 0 Å². The van der Waals surface area contributed by atoms with Crippen LogP contribution in [0.4, 0.5) is 0 Å². The van der Waals surface area contributed by atoms with Crippen LogP contribution < -0.4 is 5.73 Å². The third-order valence-electron chi connectivity index (χ3n) is 3.29. The van der Waals surface area contributed by atoms with Crippen molar-refractivity contribution in [2.75, 3.05) is 25.1 Å². The number of nitrogens with zero attached hydrogens (tertiary/aromatic N) is 1. The first-order chi connectivity index (χ1) is 8.20. The molecule has 0 aliphatic carbocycles. The highest BCUT2D eigenvalue weighted by Gasteiger charge is 2.29. The second-order valence-corrected chi connectivity index (χ2v) is 7.40. The highest BCUT2D eigenvalue weighted by molar-refractivity contribution is 7.90. The molecule has 1 saturated heterocycles. The quantitative estimate of drug-likeness (QED) is 0.685. The van der Waals surface area contributed by atoms with Gasteiger partial charge in [-0.3, -0.25) is 4.79 Å². The van der Waals surface area contributed by atoms with Crippen molar-refractivity contribution in [1.29, 1.82) is 0 Å². The van der Waals surface area contributed by atoms with Gasteiger partial charge in [-0.15, -0.1) is 0 Å². The number of sulfone groups is 1. The maximum atomic E-state index is 12.0. The number of likely N-dealkylation sites (tertiary alicyclic amines) is 1. The van der Waals surface area contributed by atoms with Gasteiger partial charge in [0.25, 0.3) is 0 Å². The predicted molar refractivity (Wildman–Crippen MR) is 68.7 cm³/mol. The fourth-order valence-corrected chi connectivity index (χ4v) is 2.71. The molecule has 6 nitrogen and oxygen atoms in total. The Balaban J connectivity index is 2.49. The Morgan fingerprint density at radius 1 is 1.56 bits per heavy atom. The molecule has 3 N–H and O–H groups in total. The molecule has 0 bridgehead atoms. The SMILES string of the molecule is CC1CN(C(=O)C(N)CCS(C)(=O)=O)CCC1O. The third kappa shape index (κ3) is 4.55. The van der Waals surface area contributed by atoms with Crippen LogP contribution in [0, 0.1) is 5.92 Å². The minimum absolute atomic E-state index is 0.0322. The van der Waals surface area contributed by atoms with Gasteiger partial charge in [0, 0.05) is 19.3 Å². The summed E-state index contributed by atoms with van der Waals surface area (Å²) in [7, 11) is -3.09. The van der Waals surface area contributed by atoms with Gasteiger partial charge in [-0.2, -0.15) is 0 Å². The van der Waals surface area contributed by atoms with E-state index in [9.17, 15) is 18.3 Å². The van der Waals surface area contributed by atoms with Crippen LogP contribution in [-0.2, 0) is 14.6 Å². The molecule has 106 valence electrons. The summed E-state index contributed by atoms with van der Waals surface area (Å²) in [5.74, 6) is -0.270. The highest BCUT2D eigenvalue weighted by Crippen LogP contribution is 2.17. The second kappa shape index (κ2) is 5.99. The molecule has 0 saturated carbocycles. The van der Waals surface area contributed by atoms with Crippen molar-refractivity contribution in [3.8, 4) is 0 Å². The van der Waals surface area contributed by atoms with Crippen LogP contribution >= 0.6 is 0 Å². The van der Waals surface area contributed by atoms with E-state index in [1.807, 2.05) is 6.92 Å². The van der Waals surface area contributed by atoms with Gasteiger partial charge in [0.2, 0.25) is 5.91 Å². The van der Waals surface area contributed by atoms with Crippen LogP contribution in [-0.4, -0.2) is 61.6 Å². The number of hydrogen-bond acceptors (Lipinski definition) is 5. The van der Waals surface area contributed by atoms with Crippen LogP contribution in [0.15, 0.2) is 0 Å². The fourth-order valence-electron chi connectivity index (χ4n) is 2.03. The third-order valence-corrected chi connectivity index (χ3v) is 4.27. The minimum Gasteiger partial charge on any atom is -0.393 e. The number of aliphatic hydroxyl groups is 1. The summed E-state index contributed by atoms with van der Waals surface area (Å²) in [6.07, 6.45) is 1.45. The molecule has 1 amide bonds. The summed E-state index contributed by atoms with van der Waals surface area (Å²) < 4.78 is 22.0. The minimum atomic E-state index is -3.09. The molecule has 18 heavy (non-hydrogen) atoms. The van der Waals surface area contributed by atoms with E-state index in [2.05, 4.69) is 0 Å². The van der Waals surface area contributed by atoms with E-state index in [1.54, 1.807) is 4.90 Å². The van der Waals surface area contributed by atoms with Gasteiger partial charge in [0.05, 0.1) is 17.9 Å². The van der Waals surface area contributed by atoms with Gasteiger partial charge in [-0.1, -0.05) is 6.92 Å². The Morgan fingerprint density at radius 2 is 2.17 bits per heavy atom. The normalized spacial score (nSPS) is 27.0. The average Bonchev–Trinajstić information content (AvgIpc) is 2.27. The van der Waals surface area contributed by atoms with Crippen LogP contribution in [0.1, 0.15) is 19.8 Å². The fraction of sp³-hybridized carbons (Fsp3) is 0.909. The summed E-state index contributed by atoms with van der Waals surface area (Å²) >= 11 is 0. The molecular weight excluding hydrogens is 256 g/mol. The van der Waals surface area contributed by atoms with Crippen molar-refractivity contribution in [2.24, 2.45) is 11.7 Å². The maximum Gasteiger partial charge on any atom is 0.239 e. The molecule has 3 atom stereocenters. The first-order valence-corrected chi connectivity index (χ1v) is 8.17. The number of hydrogen-bond donors (Lipinski definition) is 2. The van der Waals surface area contributed by atoms with E-state index in [4.69, 9.17) is 5.73 Å². The number of piperidine rings is 1. The van der Waals surface area contributed by atoms with E-state index in [-0.39, 0.29) is 30.1 Å². The molecule has 1 fully saturated rings. The zero-order valence-corrected chi connectivity index (χ0v) is 11.7. The number of amides is 1. The Labute approximate surface area is 108 Å². The molecule has 3 unspecified atom stereocenters. The average molecular weight is 278 g/mol. The summed E-state index contributed by atoms with van der Waals surface area (Å²) in [5.41, 5.74) is 5.72. The molecule has 1 aliphatic rings. The van der Waals surface area contributed by atoms with Crippen molar-refractivity contribution in [2.45, 2.75) is 31.9 Å². The maximum absolute atomic E-state index is 12.0. The zero-order valence-electron chi connectivity index (χ0n) is 10.9. The molecular formula is C11H22N2O4S. The monoisotopic (exact) mass is 278 g/mol. The molecule has 0 spiro atoms. The van der Waals surface area contributed by atoms with Gasteiger partial charge in [-0.05, 0) is 18.8 Å². The Bertz CT molecular complexity index is 396. The molecule has 1 rings (SSSR count). The first-order valence-electron chi connectivity index (χ1n) is 6.11. The van der Waals surface area contributed by atoms with E-state index in [0.717, 1.165) is 6.26 Å². The number of aliphatic hydroxyl groups excluding tert-OH is 1. The lowest BCUT2D eigenvalue weighted by molar-refractivity contribution is -0.136. The summed E-state index contributed by atoms with van der Waals surface area (Å²) in [6, 6.07) is -0.776. The smallest absolute Gasteiger partial charge is 0.239 e. The Kier molecular flexibility index (Phi) is 5.12. The second-order valence-electron chi connectivity index (χ2n) is 5.14. The van der Waals surface area contributed by atoms with Gasteiger partial charge in [0.15, 0.2) is 0 Å². The van der Waals surface area contributed by atoms with Gasteiger partial charge >= 0.3 is 0 Å². The number of carbonyl (C=O) groups is 1. The predicted octanol–water partition coefficient (Wildman–Crippen LogP) is -1.02. The Morgan fingerprint density at radius 3 is 2.67 bits per heavy atom. The first kappa shape index (κ1) is 15.4. The van der Waals surface area contributed by atoms with Gasteiger partial charge < -0.3 is 15.7 Å². The molecule has 0 aromatic rings. The number of carbonyl (C=O) groups excluding carboxylic acids is 1. The van der Waals surface area contributed by atoms with Crippen LogP contribution in [0.2, 0.25) is 0 Å². The summed E-state index contributed by atoms with van der Waals surface area (Å²) in [6.45, 7) is 2.84. The van der Waals surface area contributed by atoms with Crippen molar-refractivity contribution in [3.63, 3.8) is 0 Å². The number of nitrogens with two attached hydrogens (primary N) is 1. The lowest BCUT2D eigenvalue weighted by Crippen LogP contribution is -2.51. The lowest BCUT2D eigenvalue weighted by Gasteiger charge is -2.35. The van der Waals surface area contributed by atoms with Crippen molar-refractivity contribution in [3.05, 3.63) is 0 Å². The summed E-state index contributed by atoms with van der Waals surface area (Å²) in [5, 5.41) is 9.58. The van der Waals surface area contributed by atoms with Crippen molar-refractivity contribution >= 4 is 15.7 Å². The molecule has 0 radical (unpaired) electrons. The summed E-state index contributed by atoms with van der Waals surface area (Å²) in [4.78, 5) is 13.6. The molecule has 7 heteroatoms. The van der Waals surface area contributed by atoms with E-state index in [1.165, 1.54) is 0 Å². The standard InChI is InChI=1S/C11H22N2O4S/c1-8-7-13(5-3-10(8)14)11(15)9(12)4-6-18(2,16)17/h8-10,14H,3-7,12H2,1-2H3. The lowest BCUT2D eigenvalue weighted by atomic mass is 9.96. The zero-order chi connectivity index (χ0) is 13.9. The number of rotatable bonds is 4. The van der Waals surface area contributed by atoms with Crippen LogP contribution in [0.25, 0.3) is 0 Å². The van der Waals surface area contributed by atoms with Gasteiger partial charge in [0.1, 0.15) is 9.84 Å². The largest absolute Gasteiger partial charge is 0.393 e. The van der Waals surface area contributed by atoms with E-state index < -0.39 is 15.9 Å². The highest BCUT2D eigenvalue weighted by atomic mass is 32.2. The molecule has 1 heterocycles. The van der Waals surface area contributed by atoms with Gasteiger partial charge in [-0.25, -0.2) is 8.42 Å². The van der Waals surface area contributed by atoms with Crippen molar-refractivity contribution < 1.29 is 18.3 Å². The van der Waals surface area contributed by atoms with E-state index in [0.29, 0.717) is 19.5 Å². The van der Waals surface area contributed by atoms with Crippen molar-refractivity contribution in [1.82, 2.24) is 4.90 Å². The Hall–Kier alpha value is -0.660. The molecule has 0 aromatic heterocycles. The molecule has 0 aromatic carbocycles.